The molecule has 0 aliphatic rings. The number of unbranched alkanes of at least 4 members (excludes halogenated alkanes) is 10. The quantitative estimate of drug-likeness (QED) is 0.196. The molecule has 0 amide bonds. The van der Waals surface area contributed by atoms with Crippen LogP contribution in [0, 0.1) is 5.41 Å². The molecular formula is C24H46O4. The molecule has 0 heterocycles. The van der Waals surface area contributed by atoms with Gasteiger partial charge in [0.15, 0.2) is 0 Å². The van der Waals surface area contributed by atoms with Crippen LogP contribution < -0.4 is 0 Å². The van der Waals surface area contributed by atoms with Crippen molar-refractivity contribution in [3.63, 3.8) is 0 Å². The number of hydrogen-bond acceptors (Lipinski definition) is 4. The Morgan fingerprint density at radius 3 is 1.46 bits per heavy atom. The average Bonchev–Trinajstić information content (AvgIpc) is 2.57. The topological polar surface area (TPSA) is 52.6 Å². The van der Waals surface area contributed by atoms with E-state index in [1.807, 2.05) is 41.5 Å². The predicted octanol–water partition coefficient (Wildman–Crippen LogP) is 6.99. The summed E-state index contributed by atoms with van der Waals surface area (Å²) in [6, 6.07) is 0. The second-order valence-corrected chi connectivity index (χ2v) is 9.27. The fourth-order valence-electron chi connectivity index (χ4n) is 3.22. The van der Waals surface area contributed by atoms with Gasteiger partial charge < -0.3 is 9.47 Å². The zero-order chi connectivity index (χ0) is 21.4. The molecule has 0 N–H and O–H groups in total. The second-order valence-electron chi connectivity index (χ2n) is 9.27. The molecular weight excluding hydrogens is 352 g/mol. The molecule has 0 atom stereocenters. The van der Waals surface area contributed by atoms with Crippen molar-refractivity contribution in [2.75, 3.05) is 0 Å². The van der Waals surface area contributed by atoms with E-state index in [0.29, 0.717) is 6.42 Å². The summed E-state index contributed by atoms with van der Waals surface area (Å²) in [5.41, 5.74) is -0.365. The van der Waals surface area contributed by atoms with Gasteiger partial charge in [-0.1, -0.05) is 64.2 Å². The van der Waals surface area contributed by atoms with Gasteiger partial charge in [-0.25, -0.2) is 0 Å². The Kier molecular flexibility index (Phi) is 15.2. The van der Waals surface area contributed by atoms with Crippen molar-refractivity contribution in [2.24, 2.45) is 5.41 Å². The summed E-state index contributed by atoms with van der Waals surface area (Å²) < 4.78 is 10.5. The van der Waals surface area contributed by atoms with Gasteiger partial charge in [-0.15, -0.1) is 0 Å². The first-order chi connectivity index (χ1) is 13.1. The average molecular weight is 399 g/mol. The molecule has 0 unspecified atom stereocenters. The molecule has 0 aromatic rings. The van der Waals surface area contributed by atoms with E-state index >= 15 is 0 Å². The van der Waals surface area contributed by atoms with Crippen LogP contribution in [-0.2, 0) is 19.1 Å². The Bertz CT molecular complexity index is 413. The van der Waals surface area contributed by atoms with Gasteiger partial charge in [0.1, 0.15) is 0 Å². The molecule has 0 aromatic heterocycles. The zero-order valence-corrected chi connectivity index (χ0v) is 19.5. The molecule has 166 valence electrons. The van der Waals surface area contributed by atoms with Gasteiger partial charge >= 0.3 is 11.9 Å². The van der Waals surface area contributed by atoms with Crippen LogP contribution in [0.15, 0.2) is 0 Å². The standard InChI is InChI=1S/C24H46O4/c1-20(2)27-22(25)18-16-14-12-10-8-7-9-11-13-15-17-19-24(5,6)23(26)28-21(3)4/h20-21H,7-19H2,1-6H3. The molecule has 0 fully saturated rings. The van der Waals surface area contributed by atoms with Crippen LogP contribution in [0.2, 0.25) is 0 Å². The number of rotatable bonds is 17. The Labute approximate surface area is 174 Å². The first-order valence-corrected chi connectivity index (χ1v) is 11.6. The van der Waals surface area contributed by atoms with E-state index in [2.05, 4.69) is 0 Å². The molecule has 0 bridgehead atoms. The third-order valence-electron chi connectivity index (χ3n) is 4.95. The number of ether oxygens (including phenoxy) is 2. The molecule has 4 heteroatoms. The zero-order valence-electron chi connectivity index (χ0n) is 19.5. The summed E-state index contributed by atoms with van der Waals surface area (Å²) in [6.45, 7) is 11.6. The van der Waals surface area contributed by atoms with E-state index in [1.165, 1.54) is 51.4 Å². The Hall–Kier alpha value is -1.06. The van der Waals surface area contributed by atoms with E-state index in [0.717, 1.165) is 25.7 Å². The SMILES string of the molecule is CC(C)OC(=O)CCCCCCCCCCCCCC(C)(C)C(=O)OC(C)C. The lowest BCUT2D eigenvalue weighted by Gasteiger charge is -2.23. The smallest absolute Gasteiger partial charge is 0.311 e. The molecule has 0 saturated heterocycles. The van der Waals surface area contributed by atoms with Gasteiger partial charge in [0.2, 0.25) is 0 Å². The summed E-state index contributed by atoms with van der Waals surface area (Å²) in [4.78, 5) is 23.5. The summed E-state index contributed by atoms with van der Waals surface area (Å²) in [5, 5.41) is 0. The van der Waals surface area contributed by atoms with Crippen LogP contribution in [0.1, 0.15) is 125 Å². The second kappa shape index (κ2) is 15.8. The molecule has 0 radical (unpaired) electrons. The van der Waals surface area contributed by atoms with Gasteiger partial charge in [0.05, 0.1) is 17.6 Å². The maximum Gasteiger partial charge on any atom is 0.311 e. The number of esters is 2. The predicted molar refractivity (Wildman–Crippen MR) is 116 cm³/mol. The largest absolute Gasteiger partial charge is 0.463 e. The summed E-state index contributed by atoms with van der Waals surface area (Å²) in [5.74, 6) is -0.130. The number of carbonyl (C=O) groups is 2. The van der Waals surface area contributed by atoms with Gasteiger partial charge in [0.25, 0.3) is 0 Å². The summed E-state index contributed by atoms with van der Waals surface area (Å²) in [7, 11) is 0. The van der Waals surface area contributed by atoms with Crippen molar-refractivity contribution < 1.29 is 19.1 Å². The lowest BCUT2D eigenvalue weighted by atomic mass is 9.87. The Balaban J connectivity index is 3.42. The highest BCUT2D eigenvalue weighted by molar-refractivity contribution is 5.76. The normalized spacial score (nSPS) is 11.9. The monoisotopic (exact) mass is 398 g/mol. The lowest BCUT2D eigenvalue weighted by Crippen LogP contribution is -2.28. The highest BCUT2D eigenvalue weighted by Crippen LogP contribution is 2.26. The first-order valence-electron chi connectivity index (χ1n) is 11.6. The van der Waals surface area contributed by atoms with E-state index in [-0.39, 0.29) is 29.6 Å². The van der Waals surface area contributed by atoms with Crippen LogP contribution in [0.3, 0.4) is 0 Å². The molecule has 0 aliphatic carbocycles. The highest BCUT2D eigenvalue weighted by Gasteiger charge is 2.29. The van der Waals surface area contributed by atoms with E-state index in [4.69, 9.17) is 9.47 Å². The molecule has 0 saturated carbocycles. The fourth-order valence-corrected chi connectivity index (χ4v) is 3.22. The minimum absolute atomic E-state index is 0.000346. The van der Waals surface area contributed by atoms with Crippen LogP contribution in [0.5, 0.6) is 0 Å². The van der Waals surface area contributed by atoms with Crippen molar-refractivity contribution in [3.05, 3.63) is 0 Å². The summed E-state index contributed by atoms with van der Waals surface area (Å²) in [6.07, 6.45) is 14.7. The van der Waals surface area contributed by atoms with Crippen molar-refractivity contribution >= 4 is 11.9 Å². The van der Waals surface area contributed by atoms with Gasteiger partial charge in [-0.05, 0) is 54.4 Å². The van der Waals surface area contributed by atoms with Gasteiger partial charge in [0, 0.05) is 6.42 Å². The third-order valence-corrected chi connectivity index (χ3v) is 4.95. The van der Waals surface area contributed by atoms with Crippen LogP contribution >= 0.6 is 0 Å². The minimum atomic E-state index is -0.365. The Morgan fingerprint density at radius 1 is 0.643 bits per heavy atom. The number of hydrogen-bond donors (Lipinski definition) is 0. The number of carbonyl (C=O) groups excluding carboxylic acids is 2. The van der Waals surface area contributed by atoms with E-state index < -0.39 is 0 Å². The minimum Gasteiger partial charge on any atom is -0.463 e. The molecule has 4 nitrogen and oxygen atoms in total. The van der Waals surface area contributed by atoms with Crippen LogP contribution in [0.25, 0.3) is 0 Å². The Morgan fingerprint density at radius 2 is 1.04 bits per heavy atom. The lowest BCUT2D eigenvalue weighted by molar-refractivity contribution is -0.158. The van der Waals surface area contributed by atoms with E-state index in [9.17, 15) is 9.59 Å². The molecule has 28 heavy (non-hydrogen) atoms. The van der Waals surface area contributed by atoms with Crippen molar-refractivity contribution in [1.82, 2.24) is 0 Å². The molecule has 0 spiro atoms. The molecule has 0 rings (SSSR count). The van der Waals surface area contributed by atoms with E-state index in [1.54, 1.807) is 0 Å². The summed E-state index contributed by atoms with van der Waals surface area (Å²) >= 11 is 0. The van der Waals surface area contributed by atoms with Crippen LogP contribution in [0.4, 0.5) is 0 Å². The fraction of sp³-hybridized carbons (Fsp3) is 0.917. The first kappa shape index (κ1) is 26.9. The maximum absolute atomic E-state index is 12.0. The van der Waals surface area contributed by atoms with Crippen molar-refractivity contribution in [2.45, 2.75) is 137 Å². The third kappa shape index (κ3) is 15.9. The van der Waals surface area contributed by atoms with Gasteiger partial charge in [-0.2, -0.15) is 0 Å². The van der Waals surface area contributed by atoms with Crippen molar-refractivity contribution in [1.29, 1.82) is 0 Å². The van der Waals surface area contributed by atoms with Gasteiger partial charge in [-0.3, -0.25) is 9.59 Å². The molecule has 0 aromatic carbocycles. The van der Waals surface area contributed by atoms with Crippen molar-refractivity contribution in [3.8, 4) is 0 Å². The highest BCUT2D eigenvalue weighted by atomic mass is 16.5. The maximum atomic E-state index is 12.0. The molecule has 0 aliphatic heterocycles. The van der Waals surface area contributed by atoms with Crippen LogP contribution in [-0.4, -0.2) is 24.1 Å².